The summed E-state index contributed by atoms with van der Waals surface area (Å²) in [5, 5.41) is 6.14. The smallest absolute Gasteiger partial charge is 0.251 e. The predicted molar refractivity (Wildman–Crippen MR) is 90.6 cm³/mol. The third-order valence-corrected chi connectivity index (χ3v) is 3.41. The summed E-state index contributed by atoms with van der Waals surface area (Å²) in [5.74, 6) is -0.512. The molecule has 0 aromatic heterocycles. The molecule has 2 aromatic carbocycles. The molecule has 122 valence electrons. The first-order valence-corrected chi connectivity index (χ1v) is 7.71. The molecule has 4 heteroatoms. The van der Waals surface area contributed by atoms with Crippen molar-refractivity contribution in [3.63, 3.8) is 0 Å². The van der Waals surface area contributed by atoms with Crippen LogP contribution in [0.5, 0.6) is 0 Å². The van der Waals surface area contributed by atoms with E-state index >= 15 is 0 Å². The van der Waals surface area contributed by atoms with E-state index in [0.717, 1.165) is 5.56 Å². The van der Waals surface area contributed by atoms with Gasteiger partial charge in [0.25, 0.3) is 5.91 Å². The Balaban J connectivity index is 1.98. The summed E-state index contributed by atoms with van der Waals surface area (Å²) in [7, 11) is 0. The number of amides is 1. The van der Waals surface area contributed by atoms with Crippen molar-refractivity contribution >= 4 is 5.91 Å². The van der Waals surface area contributed by atoms with Crippen molar-refractivity contribution in [1.82, 2.24) is 10.6 Å². The fourth-order valence-electron chi connectivity index (χ4n) is 2.11. The van der Waals surface area contributed by atoms with Crippen LogP contribution in [0.15, 0.2) is 48.5 Å². The lowest BCUT2D eigenvalue weighted by Crippen LogP contribution is -2.35. The number of carbonyl (C=O) groups is 1. The lowest BCUT2D eigenvalue weighted by molar-refractivity contribution is 0.0950. The molecular weight excluding hydrogens is 291 g/mol. The third-order valence-electron chi connectivity index (χ3n) is 3.41. The number of benzene rings is 2. The van der Waals surface area contributed by atoms with Crippen molar-refractivity contribution in [3.8, 4) is 0 Å². The Morgan fingerprint density at radius 2 is 1.78 bits per heavy atom. The molecule has 0 saturated heterocycles. The fraction of sp³-hybridized carbons (Fsp3) is 0.316. The van der Waals surface area contributed by atoms with Crippen molar-refractivity contribution in [2.24, 2.45) is 0 Å². The van der Waals surface area contributed by atoms with Crippen LogP contribution >= 0.6 is 0 Å². The van der Waals surface area contributed by atoms with E-state index in [-0.39, 0.29) is 23.8 Å². The zero-order chi connectivity index (χ0) is 16.9. The highest BCUT2D eigenvalue weighted by Crippen LogP contribution is 2.09. The van der Waals surface area contributed by atoms with Gasteiger partial charge in [-0.3, -0.25) is 4.79 Å². The Hall–Kier alpha value is -2.20. The van der Waals surface area contributed by atoms with Gasteiger partial charge in [0.1, 0.15) is 5.82 Å². The molecule has 0 bridgehead atoms. The standard InChI is InChI=1S/C19H23FN2O/c1-19(2,3)22-12-14-7-6-9-15(11-14)18(23)21-13-16-8-4-5-10-17(16)20/h4-11,22H,12-13H2,1-3H3,(H,21,23). The van der Waals surface area contributed by atoms with Crippen molar-refractivity contribution in [3.05, 3.63) is 71.0 Å². The van der Waals surface area contributed by atoms with Crippen LogP contribution in [0.2, 0.25) is 0 Å². The van der Waals surface area contributed by atoms with Crippen molar-refractivity contribution in [2.75, 3.05) is 0 Å². The minimum Gasteiger partial charge on any atom is -0.348 e. The Kier molecular flexibility index (Phi) is 5.50. The van der Waals surface area contributed by atoms with Crippen LogP contribution in [0, 0.1) is 5.82 Å². The largest absolute Gasteiger partial charge is 0.348 e. The minimum absolute atomic E-state index is 0.0170. The van der Waals surface area contributed by atoms with Crippen LogP contribution in [0.1, 0.15) is 42.3 Å². The quantitative estimate of drug-likeness (QED) is 0.884. The second kappa shape index (κ2) is 7.38. The summed E-state index contributed by atoms with van der Waals surface area (Å²) in [4.78, 5) is 12.2. The van der Waals surface area contributed by atoms with E-state index in [2.05, 4.69) is 31.4 Å². The average Bonchev–Trinajstić information content (AvgIpc) is 2.51. The SMILES string of the molecule is CC(C)(C)NCc1cccc(C(=O)NCc2ccccc2F)c1. The lowest BCUT2D eigenvalue weighted by atomic mass is 10.1. The highest BCUT2D eigenvalue weighted by atomic mass is 19.1. The number of carbonyl (C=O) groups excluding carboxylic acids is 1. The molecule has 2 aromatic rings. The molecule has 0 saturated carbocycles. The summed E-state index contributed by atoms with van der Waals surface area (Å²) >= 11 is 0. The van der Waals surface area contributed by atoms with Gasteiger partial charge in [-0.15, -0.1) is 0 Å². The van der Waals surface area contributed by atoms with E-state index in [9.17, 15) is 9.18 Å². The monoisotopic (exact) mass is 314 g/mol. The molecule has 0 aliphatic heterocycles. The molecule has 0 radical (unpaired) electrons. The van der Waals surface area contributed by atoms with Crippen LogP contribution in [-0.2, 0) is 13.1 Å². The van der Waals surface area contributed by atoms with Gasteiger partial charge in [0.15, 0.2) is 0 Å². The molecule has 2 rings (SSSR count). The van der Waals surface area contributed by atoms with E-state index in [1.165, 1.54) is 6.07 Å². The molecule has 0 aliphatic rings. The first-order valence-electron chi connectivity index (χ1n) is 7.71. The maximum Gasteiger partial charge on any atom is 0.251 e. The summed E-state index contributed by atoms with van der Waals surface area (Å²) in [5.41, 5.74) is 2.11. The van der Waals surface area contributed by atoms with Gasteiger partial charge >= 0.3 is 0 Å². The van der Waals surface area contributed by atoms with Crippen LogP contribution in [0.3, 0.4) is 0 Å². The van der Waals surface area contributed by atoms with Gasteiger partial charge in [0.2, 0.25) is 0 Å². The average molecular weight is 314 g/mol. The molecule has 3 nitrogen and oxygen atoms in total. The maximum atomic E-state index is 13.6. The van der Waals surface area contributed by atoms with E-state index in [0.29, 0.717) is 17.7 Å². The molecular formula is C19H23FN2O. The predicted octanol–water partition coefficient (Wildman–Crippen LogP) is 3.64. The summed E-state index contributed by atoms with van der Waals surface area (Å²) < 4.78 is 13.6. The second-order valence-corrected chi connectivity index (χ2v) is 6.58. The molecule has 0 heterocycles. The van der Waals surface area contributed by atoms with Crippen molar-refractivity contribution in [2.45, 2.75) is 39.4 Å². The van der Waals surface area contributed by atoms with Crippen LogP contribution in [-0.4, -0.2) is 11.4 Å². The molecule has 0 atom stereocenters. The maximum absolute atomic E-state index is 13.6. The van der Waals surface area contributed by atoms with E-state index in [1.807, 2.05) is 18.2 Å². The van der Waals surface area contributed by atoms with Crippen LogP contribution in [0.4, 0.5) is 4.39 Å². The molecule has 0 unspecified atom stereocenters. The molecule has 0 spiro atoms. The first-order chi connectivity index (χ1) is 10.8. The lowest BCUT2D eigenvalue weighted by Gasteiger charge is -2.20. The molecule has 2 N–H and O–H groups in total. The molecule has 1 amide bonds. The number of hydrogen-bond donors (Lipinski definition) is 2. The van der Waals surface area contributed by atoms with Crippen molar-refractivity contribution < 1.29 is 9.18 Å². The van der Waals surface area contributed by atoms with Gasteiger partial charge in [-0.1, -0.05) is 30.3 Å². The summed E-state index contributed by atoms with van der Waals surface area (Å²) in [6, 6.07) is 13.9. The normalized spacial score (nSPS) is 11.3. The minimum atomic E-state index is -0.309. The number of halogens is 1. The Morgan fingerprint density at radius 3 is 2.48 bits per heavy atom. The zero-order valence-corrected chi connectivity index (χ0v) is 13.8. The van der Waals surface area contributed by atoms with Gasteiger partial charge in [0, 0.05) is 29.8 Å². The van der Waals surface area contributed by atoms with Crippen molar-refractivity contribution in [1.29, 1.82) is 0 Å². The highest BCUT2D eigenvalue weighted by molar-refractivity contribution is 5.94. The van der Waals surface area contributed by atoms with E-state index < -0.39 is 0 Å². The fourth-order valence-corrected chi connectivity index (χ4v) is 2.11. The van der Waals surface area contributed by atoms with Crippen LogP contribution < -0.4 is 10.6 Å². The van der Waals surface area contributed by atoms with Gasteiger partial charge in [-0.05, 0) is 44.5 Å². The number of nitrogens with one attached hydrogen (secondary N) is 2. The number of hydrogen-bond acceptors (Lipinski definition) is 2. The zero-order valence-electron chi connectivity index (χ0n) is 13.8. The van der Waals surface area contributed by atoms with Gasteiger partial charge < -0.3 is 10.6 Å². The van der Waals surface area contributed by atoms with Crippen LogP contribution in [0.25, 0.3) is 0 Å². The Morgan fingerprint density at radius 1 is 1.04 bits per heavy atom. The topological polar surface area (TPSA) is 41.1 Å². The summed E-state index contributed by atoms with van der Waals surface area (Å²) in [6.07, 6.45) is 0. The molecule has 23 heavy (non-hydrogen) atoms. The highest BCUT2D eigenvalue weighted by Gasteiger charge is 2.10. The van der Waals surface area contributed by atoms with Gasteiger partial charge in [-0.25, -0.2) is 4.39 Å². The van der Waals surface area contributed by atoms with E-state index in [4.69, 9.17) is 0 Å². The molecule has 0 aliphatic carbocycles. The Bertz CT molecular complexity index is 677. The van der Waals surface area contributed by atoms with Gasteiger partial charge in [0.05, 0.1) is 0 Å². The van der Waals surface area contributed by atoms with E-state index in [1.54, 1.807) is 24.3 Å². The Labute approximate surface area is 136 Å². The third kappa shape index (κ3) is 5.49. The number of rotatable bonds is 5. The summed E-state index contributed by atoms with van der Waals surface area (Å²) in [6.45, 7) is 7.15. The second-order valence-electron chi connectivity index (χ2n) is 6.58. The van der Waals surface area contributed by atoms with Gasteiger partial charge in [-0.2, -0.15) is 0 Å². The first kappa shape index (κ1) is 17.2. The molecule has 0 fully saturated rings.